The normalized spacial score (nSPS) is 11.7. The van der Waals surface area contributed by atoms with Crippen molar-refractivity contribution in [2.24, 2.45) is 0 Å². The summed E-state index contributed by atoms with van der Waals surface area (Å²) in [5, 5.41) is 0. The van der Waals surface area contributed by atoms with Crippen molar-refractivity contribution in [2.45, 2.75) is 31.6 Å². The van der Waals surface area contributed by atoms with Crippen molar-refractivity contribution in [2.75, 3.05) is 6.61 Å². The molecule has 0 heterocycles. The van der Waals surface area contributed by atoms with E-state index >= 15 is 0 Å². The van der Waals surface area contributed by atoms with Crippen molar-refractivity contribution in [3.05, 3.63) is 65.7 Å². The van der Waals surface area contributed by atoms with Crippen molar-refractivity contribution in [1.29, 1.82) is 0 Å². The summed E-state index contributed by atoms with van der Waals surface area (Å²) in [7, 11) is -3.86. The van der Waals surface area contributed by atoms with Crippen LogP contribution in [0.4, 0.5) is 0 Å². The van der Waals surface area contributed by atoms with Crippen LogP contribution in [0.15, 0.2) is 59.5 Å². The molecule has 0 radical (unpaired) electrons. The molecule has 7 heteroatoms. The monoisotopic (exact) mass is 388 g/mol. The molecule has 0 fully saturated rings. The number of carbonyl (C=O) groups is 1. The highest BCUT2D eigenvalue weighted by molar-refractivity contribution is 7.89. The number of hydrogen-bond acceptors (Lipinski definition) is 4. The molecule has 1 amide bonds. The van der Waals surface area contributed by atoms with Gasteiger partial charge in [0.05, 0.1) is 11.5 Å². The number of amides is 1. The van der Waals surface area contributed by atoms with Crippen molar-refractivity contribution in [3.63, 3.8) is 0 Å². The fourth-order valence-electron chi connectivity index (χ4n) is 2.26. The summed E-state index contributed by atoms with van der Waals surface area (Å²) in [5.41, 5.74) is 4.23. The molecule has 144 valence electrons. The van der Waals surface area contributed by atoms with Gasteiger partial charge in [0.25, 0.3) is 15.9 Å². The Labute approximate surface area is 160 Å². The van der Waals surface area contributed by atoms with Gasteiger partial charge in [0.15, 0.2) is 0 Å². The van der Waals surface area contributed by atoms with Crippen molar-refractivity contribution in [1.82, 2.24) is 10.3 Å². The summed E-state index contributed by atoms with van der Waals surface area (Å²) in [6, 6.07) is 13.7. The SMILES string of the molecule is CCOc1ccc(S(=O)(=O)NNC(=O)/C=C/c2ccc(C(C)C)cc2)cc1. The molecule has 2 N–H and O–H groups in total. The van der Waals surface area contributed by atoms with Crippen LogP contribution in [-0.4, -0.2) is 20.9 Å². The Kier molecular flexibility index (Phi) is 7.15. The van der Waals surface area contributed by atoms with E-state index in [0.29, 0.717) is 18.3 Å². The molecule has 2 aromatic carbocycles. The van der Waals surface area contributed by atoms with Gasteiger partial charge >= 0.3 is 0 Å². The second kappa shape index (κ2) is 9.34. The van der Waals surface area contributed by atoms with E-state index in [9.17, 15) is 13.2 Å². The third kappa shape index (κ3) is 6.23. The number of sulfonamides is 1. The quantitative estimate of drug-likeness (QED) is 0.537. The minimum absolute atomic E-state index is 0.0273. The third-order valence-electron chi connectivity index (χ3n) is 3.78. The lowest BCUT2D eigenvalue weighted by molar-refractivity contribution is -0.116. The Morgan fingerprint density at radius 2 is 1.70 bits per heavy atom. The number of rotatable bonds is 8. The average molecular weight is 388 g/mol. The first-order valence-corrected chi connectivity index (χ1v) is 10.1. The molecular weight excluding hydrogens is 364 g/mol. The van der Waals surface area contributed by atoms with E-state index in [4.69, 9.17) is 4.74 Å². The second-order valence-electron chi connectivity index (χ2n) is 6.15. The Bertz CT molecular complexity index is 887. The zero-order chi connectivity index (χ0) is 19.9. The van der Waals surface area contributed by atoms with Crippen molar-refractivity contribution in [3.8, 4) is 5.75 Å². The number of carbonyl (C=O) groups excluding carboxylic acids is 1. The summed E-state index contributed by atoms with van der Waals surface area (Å²) in [6.07, 6.45) is 2.88. The zero-order valence-electron chi connectivity index (χ0n) is 15.6. The lowest BCUT2D eigenvalue weighted by Crippen LogP contribution is -2.40. The summed E-state index contributed by atoms with van der Waals surface area (Å²) < 4.78 is 29.7. The van der Waals surface area contributed by atoms with Gasteiger partial charge < -0.3 is 4.74 Å². The molecule has 6 nitrogen and oxygen atoms in total. The first-order chi connectivity index (χ1) is 12.8. The molecule has 0 unspecified atom stereocenters. The predicted octanol–water partition coefficient (Wildman–Crippen LogP) is 3.23. The molecule has 2 rings (SSSR count). The summed E-state index contributed by atoms with van der Waals surface area (Å²) in [5.74, 6) is 0.438. The van der Waals surface area contributed by atoms with Gasteiger partial charge in [-0.15, -0.1) is 4.83 Å². The van der Waals surface area contributed by atoms with Gasteiger partial charge in [-0.2, -0.15) is 0 Å². The molecule has 0 saturated carbocycles. The lowest BCUT2D eigenvalue weighted by Gasteiger charge is -2.08. The maximum Gasteiger partial charge on any atom is 0.258 e. The van der Waals surface area contributed by atoms with Gasteiger partial charge in [-0.05, 0) is 54.3 Å². The standard InChI is InChI=1S/C20H24N2O4S/c1-4-26-18-10-12-19(13-11-18)27(24,25)22-21-20(23)14-7-16-5-8-17(9-6-16)15(2)3/h5-15,22H,4H2,1-3H3,(H,21,23)/b14-7+. The van der Waals surface area contributed by atoms with Gasteiger partial charge in [-0.3, -0.25) is 10.2 Å². The van der Waals surface area contributed by atoms with Crippen LogP contribution < -0.4 is 15.0 Å². The number of hydrogen-bond donors (Lipinski definition) is 2. The van der Waals surface area contributed by atoms with Crippen molar-refractivity contribution < 1.29 is 17.9 Å². The molecule has 0 aliphatic heterocycles. The van der Waals surface area contributed by atoms with E-state index < -0.39 is 15.9 Å². The third-order valence-corrected chi connectivity index (χ3v) is 5.05. The van der Waals surface area contributed by atoms with Crippen LogP contribution in [0.1, 0.15) is 37.8 Å². The molecule has 27 heavy (non-hydrogen) atoms. The van der Waals surface area contributed by atoms with Gasteiger partial charge in [-0.25, -0.2) is 8.42 Å². The van der Waals surface area contributed by atoms with Crippen LogP contribution in [-0.2, 0) is 14.8 Å². The van der Waals surface area contributed by atoms with Crippen LogP contribution in [0, 0.1) is 0 Å². The lowest BCUT2D eigenvalue weighted by atomic mass is 10.0. The summed E-state index contributed by atoms with van der Waals surface area (Å²) in [4.78, 5) is 14.0. The van der Waals surface area contributed by atoms with Crippen LogP contribution in [0.25, 0.3) is 6.08 Å². The smallest absolute Gasteiger partial charge is 0.258 e. The van der Waals surface area contributed by atoms with Crippen LogP contribution in [0.2, 0.25) is 0 Å². The highest BCUT2D eigenvalue weighted by Gasteiger charge is 2.14. The highest BCUT2D eigenvalue weighted by Crippen LogP contribution is 2.16. The minimum atomic E-state index is -3.86. The van der Waals surface area contributed by atoms with Gasteiger partial charge in [0.2, 0.25) is 0 Å². The van der Waals surface area contributed by atoms with E-state index in [1.54, 1.807) is 18.2 Å². The van der Waals surface area contributed by atoms with E-state index in [1.165, 1.54) is 23.8 Å². The van der Waals surface area contributed by atoms with Crippen LogP contribution in [0.3, 0.4) is 0 Å². The Morgan fingerprint density at radius 1 is 1.07 bits per heavy atom. The zero-order valence-corrected chi connectivity index (χ0v) is 16.4. The molecular formula is C20H24N2O4S. The first-order valence-electron chi connectivity index (χ1n) is 8.64. The van der Waals surface area contributed by atoms with E-state index in [-0.39, 0.29) is 4.90 Å². The average Bonchev–Trinajstić information content (AvgIpc) is 2.66. The van der Waals surface area contributed by atoms with Gasteiger partial charge in [0.1, 0.15) is 5.75 Å². The molecule has 2 aromatic rings. The number of benzene rings is 2. The number of hydrazine groups is 1. The van der Waals surface area contributed by atoms with Crippen LogP contribution >= 0.6 is 0 Å². The molecule has 0 aliphatic rings. The van der Waals surface area contributed by atoms with Crippen LogP contribution in [0.5, 0.6) is 5.75 Å². The number of nitrogens with one attached hydrogen (secondary N) is 2. The predicted molar refractivity (Wildman–Crippen MR) is 106 cm³/mol. The van der Waals surface area contributed by atoms with E-state index in [2.05, 4.69) is 24.1 Å². The Morgan fingerprint density at radius 3 is 2.26 bits per heavy atom. The topological polar surface area (TPSA) is 84.5 Å². The van der Waals surface area contributed by atoms with E-state index in [0.717, 1.165) is 5.56 Å². The molecule has 0 aromatic heterocycles. The van der Waals surface area contributed by atoms with Gasteiger partial charge in [-0.1, -0.05) is 38.1 Å². The number of ether oxygens (including phenoxy) is 1. The maximum atomic E-state index is 12.2. The molecule has 0 atom stereocenters. The van der Waals surface area contributed by atoms with Gasteiger partial charge in [0, 0.05) is 6.08 Å². The Hall–Kier alpha value is -2.64. The highest BCUT2D eigenvalue weighted by atomic mass is 32.2. The fraction of sp³-hybridized carbons (Fsp3) is 0.250. The molecule has 0 saturated heterocycles. The molecule has 0 aliphatic carbocycles. The molecule has 0 bridgehead atoms. The summed E-state index contributed by atoms with van der Waals surface area (Å²) >= 11 is 0. The second-order valence-corrected chi connectivity index (χ2v) is 7.84. The minimum Gasteiger partial charge on any atom is -0.494 e. The largest absolute Gasteiger partial charge is 0.494 e. The molecule has 0 spiro atoms. The Balaban J connectivity index is 1.93. The summed E-state index contributed by atoms with van der Waals surface area (Å²) in [6.45, 7) is 6.55. The first kappa shape index (κ1) is 20.7. The fourth-order valence-corrected chi connectivity index (χ4v) is 3.11. The van der Waals surface area contributed by atoms with E-state index in [1.807, 2.05) is 31.2 Å². The van der Waals surface area contributed by atoms with Crippen molar-refractivity contribution >= 4 is 22.0 Å². The maximum absolute atomic E-state index is 12.2.